The van der Waals surface area contributed by atoms with Crippen molar-refractivity contribution in [2.24, 2.45) is 0 Å². The smallest absolute Gasteiger partial charge is 0.308 e. The molecule has 0 bridgehead atoms. The average Bonchev–Trinajstić information content (AvgIpc) is 2.35. The molecule has 9 heteroatoms. The molecule has 0 aliphatic rings. The summed E-state index contributed by atoms with van der Waals surface area (Å²) >= 11 is 8.86. The maximum atomic E-state index is 12.3. The van der Waals surface area contributed by atoms with Gasteiger partial charge in [0.1, 0.15) is 0 Å². The fourth-order valence-corrected chi connectivity index (χ4v) is 3.15. The number of rotatable bonds is 3. The number of benzene rings is 2. The summed E-state index contributed by atoms with van der Waals surface area (Å²) in [4.78, 5) is 11.9. The maximum absolute atomic E-state index is 12.3. The Morgan fingerprint density at radius 1 is 1.09 bits per heavy atom. The molecular weight excluding hydrogens is 417 g/mol. The molecule has 23 heavy (non-hydrogen) atoms. The highest BCUT2D eigenvalue weighted by Gasteiger charge is 2.29. The van der Waals surface area contributed by atoms with Crippen molar-refractivity contribution in [3.63, 3.8) is 0 Å². The Balaban J connectivity index is 2.04. The number of alkyl halides is 3. The Hall–Kier alpha value is -1.38. The number of anilines is 2. The first-order valence-electron chi connectivity index (χ1n) is 6.11. The third-order valence-electron chi connectivity index (χ3n) is 2.45. The van der Waals surface area contributed by atoms with E-state index in [1.54, 1.807) is 18.2 Å². The first-order valence-corrected chi connectivity index (χ1v) is 8.10. The normalized spacial score (nSPS) is 11.2. The van der Waals surface area contributed by atoms with Gasteiger partial charge in [-0.25, -0.2) is 4.79 Å². The van der Waals surface area contributed by atoms with Crippen LogP contribution in [0.25, 0.3) is 0 Å². The van der Waals surface area contributed by atoms with E-state index < -0.39 is 11.5 Å². The van der Waals surface area contributed by atoms with Crippen LogP contribution in [0.5, 0.6) is 0 Å². The largest absolute Gasteiger partial charge is 0.446 e. The predicted molar refractivity (Wildman–Crippen MR) is 90.1 cm³/mol. The van der Waals surface area contributed by atoms with Gasteiger partial charge in [0.25, 0.3) is 0 Å². The maximum Gasteiger partial charge on any atom is 0.446 e. The van der Waals surface area contributed by atoms with E-state index in [1.807, 2.05) is 0 Å². The number of amides is 2. The van der Waals surface area contributed by atoms with Gasteiger partial charge in [0.15, 0.2) is 0 Å². The summed E-state index contributed by atoms with van der Waals surface area (Å²) in [5, 5.41) is 5.44. The number of urea groups is 1. The molecule has 0 saturated heterocycles. The highest BCUT2D eigenvalue weighted by molar-refractivity contribution is 9.10. The fourth-order valence-electron chi connectivity index (χ4n) is 1.69. The topological polar surface area (TPSA) is 41.1 Å². The summed E-state index contributed by atoms with van der Waals surface area (Å²) in [6, 6.07) is 9.73. The Morgan fingerprint density at radius 3 is 2.43 bits per heavy atom. The number of carbonyl (C=O) groups is 1. The van der Waals surface area contributed by atoms with E-state index in [4.69, 9.17) is 11.6 Å². The van der Waals surface area contributed by atoms with E-state index >= 15 is 0 Å². The molecule has 0 aliphatic carbocycles. The summed E-state index contributed by atoms with van der Waals surface area (Å²) in [5.41, 5.74) is -3.69. The van der Waals surface area contributed by atoms with Gasteiger partial charge in [0.05, 0.1) is 0 Å². The third-order valence-corrected chi connectivity index (χ3v) is 3.84. The second kappa shape index (κ2) is 7.46. The number of halogens is 5. The molecule has 0 aliphatic heterocycles. The van der Waals surface area contributed by atoms with E-state index in [1.165, 1.54) is 24.3 Å². The minimum atomic E-state index is -4.38. The van der Waals surface area contributed by atoms with Crippen LogP contribution in [0.2, 0.25) is 5.02 Å². The van der Waals surface area contributed by atoms with E-state index in [9.17, 15) is 18.0 Å². The van der Waals surface area contributed by atoms with Gasteiger partial charge >= 0.3 is 11.5 Å². The standard InChI is InChI=1S/C14H9BrClF3N2OS/c15-8-4-9(16)6-11(5-8)21-13(22)20-10-2-1-3-12(7-10)23-14(17,18)19/h1-7H,(H2,20,21,22). The Bertz CT molecular complexity index is 707. The third kappa shape index (κ3) is 6.32. The van der Waals surface area contributed by atoms with Crippen molar-refractivity contribution >= 4 is 56.7 Å². The molecule has 0 heterocycles. The van der Waals surface area contributed by atoms with E-state index in [0.29, 0.717) is 15.2 Å². The number of carbonyl (C=O) groups excluding carboxylic acids is 1. The summed E-state index contributed by atoms with van der Waals surface area (Å²) in [5.74, 6) is 0. The van der Waals surface area contributed by atoms with Crippen molar-refractivity contribution in [1.82, 2.24) is 0 Å². The van der Waals surface area contributed by atoms with Gasteiger partial charge < -0.3 is 10.6 Å². The summed E-state index contributed by atoms with van der Waals surface area (Å²) < 4.78 is 37.7. The Labute approximate surface area is 147 Å². The van der Waals surface area contributed by atoms with Gasteiger partial charge in [0.2, 0.25) is 0 Å². The minimum Gasteiger partial charge on any atom is -0.308 e. The second-order valence-corrected chi connectivity index (χ2v) is 6.80. The molecule has 0 spiro atoms. The average molecular weight is 426 g/mol. The summed E-state index contributed by atoms with van der Waals surface area (Å²) in [7, 11) is 0. The van der Waals surface area contributed by atoms with Gasteiger partial charge in [-0.05, 0) is 48.2 Å². The molecule has 0 aromatic heterocycles. The summed E-state index contributed by atoms with van der Waals surface area (Å²) in [6.07, 6.45) is 0. The lowest BCUT2D eigenvalue weighted by molar-refractivity contribution is -0.0328. The van der Waals surface area contributed by atoms with Gasteiger partial charge in [-0.2, -0.15) is 13.2 Å². The van der Waals surface area contributed by atoms with Gasteiger partial charge in [-0.3, -0.25) is 0 Å². The molecule has 2 amide bonds. The lowest BCUT2D eigenvalue weighted by atomic mass is 10.3. The quantitative estimate of drug-likeness (QED) is 0.562. The van der Waals surface area contributed by atoms with Gasteiger partial charge in [-0.15, -0.1) is 0 Å². The van der Waals surface area contributed by atoms with Crippen molar-refractivity contribution in [2.75, 3.05) is 10.6 Å². The van der Waals surface area contributed by atoms with E-state index in [0.717, 1.165) is 0 Å². The zero-order valence-electron chi connectivity index (χ0n) is 11.2. The summed E-state index contributed by atoms with van der Waals surface area (Å²) in [6.45, 7) is 0. The van der Waals surface area contributed by atoms with Crippen LogP contribution in [-0.4, -0.2) is 11.5 Å². The SMILES string of the molecule is O=C(Nc1cc(Cl)cc(Br)c1)Nc1cccc(SC(F)(F)F)c1. The Morgan fingerprint density at radius 2 is 1.78 bits per heavy atom. The lowest BCUT2D eigenvalue weighted by Crippen LogP contribution is -2.19. The number of hydrogen-bond acceptors (Lipinski definition) is 2. The van der Waals surface area contributed by atoms with Crippen LogP contribution in [0.1, 0.15) is 0 Å². The molecular formula is C14H9BrClF3N2OS. The molecule has 2 aromatic carbocycles. The highest BCUT2D eigenvalue weighted by Crippen LogP contribution is 2.37. The molecule has 0 fully saturated rings. The van der Waals surface area contributed by atoms with Crippen LogP contribution >= 0.6 is 39.3 Å². The number of thioether (sulfide) groups is 1. The highest BCUT2D eigenvalue weighted by atomic mass is 79.9. The van der Waals surface area contributed by atoms with Crippen molar-refractivity contribution in [1.29, 1.82) is 0 Å². The van der Waals surface area contributed by atoms with Crippen molar-refractivity contribution in [2.45, 2.75) is 10.4 Å². The molecule has 2 rings (SSSR count). The number of hydrogen-bond donors (Lipinski definition) is 2. The molecule has 3 nitrogen and oxygen atoms in total. The number of nitrogens with one attached hydrogen (secondary N) is 2. The predicted octanol–water partition coefficient (Wildman–Crippen LogP) is 6.36. The van der Waals surface area contributed by atoms with Crippen molar-refractivity contribution < 1.29 is 18.0 Å². The molecule has 122 valence electrons. The molecule has 0 atom stereocenters. The van der Waals surface area contributed by atoms with Crippen LogP contribution in [-0.2, 0) is 0 Å². The van der Waals surface area contributed by atoms with Gasteiger partial charge in [0, 0.05) is 25.8 Å². The van der Waals surface area contributed by atoms with Crippen LogP contribution in [0.4, 0.5) is 29.3 Å². The molecule has 2 aromatic rings. The molecule has 0 unspecified atom stereocenters. The van der Waals surface area contributed by atoms with Gasteiger partial charge in [-0.1, -0.05) is 33.6 Å². The molecule has 0 saturated carbocycles. The fraction of sp³-hybridized carbons (Fsp3) is 0.0714. The monoisotopic (exact) mass is 424 g/mol. The van der Waals surface area contributed by atoms with E-state index in [-0.39, 0.29) is 22.3 Å². The lowest BCUT2D eigenvalue weighted by Gasteiger charge is -2.10. The second-order valence-electron chi connectivity index (χ2n) is 4.31. The Kier molecular flexibility index (Phi) is 5.83. The molecule has 2 N–H and O–H groups in total. The van der Waals surface area contributed by atoms with Crippen LogP contribution < -0.4 is 10.6 Å². The zero-order chi connectivity index (χ0) is 17.0. The first kappa shape index (κ1) is 18.0. The van der Waals surface area contributed by atoms with Crippen LogP contribution in [0, 0.1) is 0 Å². The van der Waals surface area contributed by atoms with E-state index in [2.05, 4.69) is 26.6 Å². The molecule has 0 radical (unpaired) electrons. The van der Waals surface area contributed by atoms with Crippen LogP contribution in [0.3, 0.4) is 0 Å². The zero-order valence-corrected chi connectivity index (χ0v) is 14.4. The van der Waals surface area contributed by atoms with Crippen LogP contribution in [0.15, 0.2) is 51.8 Å². The minimum absolute atomic E-state index is 0.0131. The van der Waals surface area contributed by atoms with Crippen molar-refractivity contribution in [3.05, 3.63) is 52.0 Å². The van der Waals surface area contributed by atoms with Crippen molar-refractivity contribution in [3.8, 4) is 0 Å². The first-order chi connectivity index (χ1) is 10.7.